The zero-order chi connectivity index (χ0) is 12.7. The van der Waals surface area contributed by atoms with Gasteiger partial charge >= 0.3 is 0 Å². The minimum atomic E-state index is -0.250. The molecule has 0 aliphatic heterocycles. The van der Waals surface area contributed by atoms with Gasteiger partial charge in [0.25, 0.3) is 0 Å². The van der Waals surface area contributed by atoms with Crippen LogP contribution in [-0.4, -0.2) is 24.9 Å². The smallest absolute Gasteiger partial charge is 0.0572 e. The first kappa shape index (κ1) is 14.2. The lowest BCUT2D eigenvalue weighted by Gasteiger charge is -2.22. The van der Waals surface area contributed by atoms with Gasteiger partial charge in [0.1, 0.15) is 0 Å². The molecule has 0 amide bonds. The van der Waals surface area contributed by atoms with Gasteiger partial charge in [0.15, 0.2) is 0 Å². The summed E-state index contributed by atoms with van der Waals surface area (Å²) in [5.74, 6) is 0.692. The molecule has 0 radical (unpaired) electrons. The molecule has 0 saturated carbocycles. The molecule has 0 heterocycles. The lowest BCUT2D eigenvalue weighted by Crippen LogP contribution is -2.21. The van der Waals surface area contributed by atoms with Crippen molar-refractivity contribution in [3.05, 3.63) is 35.9 Å². The average Bonchev–Trinajstić information content (AvgIpc) is 2.36. The zero-order valence-electron chi connectivity index (χ0n) is 11.1. The van der Waals surface area contributed by atoms with E-state index in [1.54, 1.807) is 7.11 Å². The van der Waals surface area contributed by atoms with Crippen molar-refractivity contribution in [3.63, 3.8) is 0 Å². The van der Waals surface area contributed by atoms with Crippen LogP contribution in [0, 0.1) is 5.92 Å². The highest BCUT2D eigenvalue weighted by molar-refractivity contribution is 5.18. The standard InChI is InChI=1S/C15H24O2/c1-12(9-10-17-3)15(16)11-13(2)14-7-5-4-6-8-14/h4-8,12-13,15-16H,9-11H2,1-3H3. The maximum atomic E-state index is 10.1. The summed E-state index contributed by atoms with van der Waals surface area (Å²) >= 11 is 0. The highest BCUT2D eigenvalue weighted by atomic mass is 16.5. The Morgan fingerprint density at radius 1 is 1.18 bits per heavy atom. The number of rotatable bonds is 7. The van der Waals surface area contributed by atoms with Crippen LogP contribution in [-0.2, 0) is 4.74 Å². The molecule has 1 N–H and O–H groups in total. The topological polar surface area (TPSA) is 29.5 Å². The van der Waals surface area contributed by atoms with Crippen molar-refractivity contribution in [2.75, 3.05) is 13.7 Å². The molecule has 96 valence electrons. The molecule has 3 unspecified atom stereocenters. The third-order valence-electron chi connectivity index (χ3n) is 3.40. The second kappa shape index (κ2) is 7.46. The molecule has 0 aromatic heterocycles. The van der Waals surface area contributed by atoms with Gasteiger partial charge < -0.3 is 9.84 Å². The predicted octanol–water partition coefficient (Wildman–Crippen LogP) is 3.21. The van der Waals surface area contributed by atoms with E-state index in [1.807, 2.05) is 18.2 Å². The number of hydrogen-bond acceptors (Lipinski definition) is 2. The van der Waals surface area contributed by atoms with E-state index in [0.717, 1.165) is 19.4 Å². The third-order valence-corrected chi connectivity index (χ3v) is 3.40. The van der Waals surface area contributed by atoms with Gasteiger partial charge in [-0.1, -0.05) is 44.2 Å². The molecule has 1 aromatic carbocycles. The molecular weight excluding hydrogens is 212 g/mol. The third kappa shape index (κ3) is 4.88. The van der Waals surface area contributed by atoms with Crippen LogP contribution < -0.4 is 0 Å². The number of aliphatic hydroxyl groups is 1. The Balaban J connectivity index is 2.42. The lowest BCUT2D eigenvalue weighted by molar-refractivity contribution is 0.0774. The highest BCUT2D eigenvalue weighted by Gasteiger charge is 2.17. The molecule has 0 saturated heterocycles. The van der Waals surface area contributed by atoms with Crippen LogP contribution >= 0.6 is 0 Å². The summed E-state index contributed by atoms with van der Waals surface area (Å²) in [5.41, 5.74) is 1.30. The van der Waals surface area contributed by atoms with Crippen molar-refractivity contribution >= 4 is 0 Å². The fourth-order valence-electron chi connectivity index (χ4n) is 2.01. The molecule has 0 fully saturated rings. The minimum Gasteiger partial charge on any atom is -0.393 e. The first-order chi connectivity index (χ1) is 8.15. The molecular formula is C15H24O2. The highest BCUT2D eigenvalue weighted by Crippen LogP contribution is 2.24. The van der Waals surface area contributed by atoms with Crippen molar-refractivity contribution in [1.82, 2.24) is 0 Å². The van der Waals surface area contributed by atoms with Crippen molar-refractivity contribution in [1.29, 1.82) is 0 Å². The van der Waals surface area contributed by atoms with Crippen LogP contribution in [0.15, 0.2) is 30.3 Å². The van der Waals surface area contributed by atoms with Crippen molar-refractivity contribution in [3.8, 4) is 0 Å². The minimum absolute atomic E-state index is 0.250. The van der Waals surface area contributed by atoms with Crippen LogP contribution in [0.1, 0.15) is 38.2 Å². The molecule has 2 nitrogen and oxygen atoms in total. The maximum absolute atomic E-state index is 10.1. The van der Waals surface area contributed by atoms with E-state index < -0.39 is 0 Å². The summed E-state index contributed by atoms with van der Waals surface area (Å²) in [7, 11) is 1.70. The van der Waals surface area contributed by atoms with E-state index in [4.69, 9.17) is 4.74 Å². The van der Waals surface area contributed by atoms with E-state index in [1.165, 1.54) is 5.56 Å². The Hall–Kier alpha value is -0.860. The molecule has 1 aromatic rings. The van der Waals surface area contributed by atoms with Gasteiger partial charge in [-0.25, -0.2) is 0 Å². The molecule has 0 spiro atoms. The monoisotopic (exact) mass is 236 g/mol. The first-order valence-electron chi connectivity index (χ1n) is 6.37. The molecule has 17 heavy (non-hydrogen) atoms. The predicted molar refractivity (Wildman–Crippen MR) is 71.1 cm³/mol. The average molecular weight is 236 g/mol. The fourth-order valence-corrected chi connectivity index (χ4v) is 2.01. The SMILES string of the molecule is COCCC(C)C(O)CC(C)c1ccccc1. The number of methoxy groups -OCH3 is 1. The van der Waals surface area contributed by atoms with Gasteiger partial charge in [-0.15, -0.1) is 0 Å². The Labute approximate surface area is 105 Å². The maximum Gasteiger partial charge on any atom is 0.0572 e. The summed E-state index contributed by atoms with van der Waals surface area (Å²) in [6.07, 6.45) is 1.48. The van der Waals surface area contributed by atoms with Crippen molar-refractivity contribution in [2.45, 2.75) is 38.7 Å². The second-order valence-electron chi connectivity index (χ2n) is 4.87. The van der Waals surface area contributed by atoms with Crippen molar-refractivity contribution in [2.24, 2.45) is 5.92 Å². The largest absolute Gasteiger partial charge is 0.393 e. The summed E-state index contributed by atoms with van der Waals surface area (Å²) in [6, 6.07) is 10.4. The van der Waals surface area contributed by atoms with Gasteiger partial charge in [-0.2, -0.15) is 0 Å². The van der Waals surface area contributed by atoms with Gasteiger partial charge in [-0.3, -0.25) is 0 Å². The number of benzene rings is 1. The van der Waals surface area contributed by atoms with Crippen molar-refractivity contribution < 1.29 is 9.84 Å². The van der Waals surface area contributed by atoms with E-state index >= 15 is 0 Å². The number of aliphatic hydroxyl groups excluding tert-OH is 1. The number of ether oxygens (including phenoxy) is 1. The molecule has 0 bridgehead atoms. The van der Waals surface area contributed by atoms with Crippen LogP contribution in [0.5, 0.6) is 0 Å². The quantitative estimate of drug-likeness (QED) is 0.787. The summed E-state index contributed by atoms with van der Waals surface area (Å²) < 4.78 is 5.04. The van der Waals surface area contributed by atoms with Crippen LogP contribution in [0.25, 0.3) is 0 Å². The Kier molecular flexibility index (Phi) is 6.23. The van der Waals surface area contributed by atoms with E-state index in [0.29, 0.717) is 11.8 Å². The summed E-state index contributed by atoms with van der Waals surface area (Å²) in [4.78, 5) is 0. The van der Waals surface area contributed by atoms with Crippen LogP contribution in [0.4, 0.5) is 0 Å². The van der Waals surface area contributed by atoms with Crippen LogP contribution in [0.3, 0.4) is 0 Å². The van der Waals surface area contributed by atoms with E-state index in [9.17, 15) is 5.11 Å². The second-order valence-corrected chi connectivity index (χ2v) is 4.87. The first-order valence-corrected chi connectivity index (χ1v) is 6.37. The fraction of sp³-hybridized carbons (Fsp3) is 0.600. The zero-order valence-corrected chi connectivity index (χ0v) is 11.1. The van der Waals surface area contributed by atoms with Gasteiger partial charge in [0, 0.05) is 13.7 Å². The summed E-state index contributed by atoms with van der Waals surface area (Å²) in [6.45, 7) is 4.97. The molecule has 1 rings (SSSR count). The number of hydrogen-bond donors (Lipinski definition) is 1. The van der Waals surface area contributed by atoms with E-state index in [2.05, 4.69) is 26.0 Å². The normalized spacial score (nSPS) is 16.5. The Morgan fingerprint density at radius 2 is 1.82 bits per heavy atom. The van der Waals surface area contributed by atoms with Gasteiger partial charge in [0.05, 0.1) is 6.10 Å². The molecule has 0 aliphatic rings. The summed E-state index contributed by atoms with van der Waals surface area (Å²) in [5, 5.41) is 10.1. The van der Waals surface area contributed by atoms with Gasteiger partial charge in [0.2, 0.25) is 0 Å². The molecule has 3 atom stereocenters. The van der Waals surface area contributed by atoms with Gasteiger partial charge in [-0.05, 0) is 30.2 Å². The van der Waals surface area contributed by atoms with E-state index in [-0.39, 0.29) is 6.10 Å². The Morgan fingerprint density at radius 3 is 2.41 bits per heavy atom. The Bertz CT molecular complexity index is 297. The molecule has 2 heteroatoms. The lowest BCUT2D eigenvalue weighted by atomic mass is 9.89. The van der Waals surface area contributed by atoms with Crippen LogP contribution in [0.2, 0.25) is 0 Å². The molecule has 0 aliphatic carbocycles.